The third-order valence-corrected chi connectivity index (χ3v) is 5.52. The Hall–Kier alpha value is -2.79. The van der Waals surface area contributed by atoms with Gasteiger partial charge in [0.25, 0.3) is 0 Å². The van der Waals surface area contributed by atoms with Crippen LogP contribution < -0.4 is 5.32 Å². The van der Waals surface area contributed by atoms with Gasteiger partial charge in [-0.25, -0.2) is 4.79 Å². The molecule has 0 fully saturated rings. The lowest BCUT2D eigenvalue weighted by Crippen LogP contribution is -2.20. The van der Waals surface area contributed by atoms with Crippen molar-refractivity contribution in [1.82, 2.24) is 0 Å². The zero-order chi connectivity index (χ0) is 17.8. The Kier molecular flexibility index (Phi) is 3.34. The fourth-order valence-electron chi connectivity index (χ4n) is 3.87. The molecule has 1 unspecified atom stereocenters. The van der Waals surface area contributed by atoms with Crippen molar-refractivity contribution in [3.05, 3.63) is 81.5 Å². The quantitative estimate of drug-likeness (QED) is 0.575. The van der Waals surface area contributed by atoms with Gasteiger partial charge in [0.15, 0.2) is 0 Å². The first-order valence-electron chi connectivity index (χ1n) is 8.31. The standard InChI is InChI=1S/C21H14BrNO3/c22-12-6-8-17(24)15(9-12)18-14-7-5-11-3-1-2-4-13(11)20(14)23-16-10-26-21(25)19(16)18/h1-9,18,23-24H,10H2. The first-order valence-corrected chi connectivity index (χ1v) is 9.10. The number of hydrogen-bond acceptors (Lipinski definition) is 4. The number of phenols is 1. The van der Waals surface area contributed by atoms with Crippen LogP contribution in [-0.2, 0) is 9.53 Å². The molecule has 128 valence electrons. The van der Waals surface area contributed by atoms with Crippen LogP contribution in [0.3, 0.4) is 0 Å². The van der Waals surface area contributed by atoms with E-state index in [2.05, 4.69) is 33.4 Å². The molecule has 0 saturated heterocycles. The number of carbonyl (C=O) groups is 1. The minimum Gasteiger partial charge on any atom is -0.508 e. The molecule has 0 radical (unpaired) electrons. The number of cyclic esters (lactones) is 1. The summed E-state index contributed by atoms with van der Waals surface area (Å²) in [6, 6.07) is 17.5. The van der Waals surface area contributed by atoms with Crippen molar-refractivity contribution in [2.75, 3.05) is 11.9 Å². The number of ether oxygens (including phenoxy) is 1. The maximum Gasteiger partial charge on any atom is 0.337 e. The second-order valence-electron chi connectivity index (χ2n) is 6.48. The first-order chi connectivity index (χ1) is 12.6. The van der Waals surface area contributed by atoms with Gasteiger partial charge in [-0.15, -0.1) is 0 Å². The molecule has 3 aromatic rings. The minimum absolute atomic E-state index is 0.158. The number of nitrogens with one attached hydrogen (secondary N) is 1. The molecule has 2 aliphatic rings. The molecular weight excluding hydrogens is 394 g/mol. The number of hydrogen-bond donors (Lipinski definition) is 2. The number of anilines is 1. The average molecular weight is 408 g/mol. The molecule has 0 saturated carbocycles. The highest BCUT2D eigenvalue weighted by molar-refractivity contribution is 9.10. The van der Waals surface area contributed by atoms with Crippen LogP contribution in [0.4, 0.5) is 5.69 Å². The zero-order valence-electron chi connectivity index (χ0n) is 13.6. The third kappa shape index (κ3) is 2.17. The van der Waals surface area contributed by atoms with E-state index in [9.17, 15) is 9.90 Å². The summed E-state index contributed by atoms with van der Waals surface area (Å²) >= 11 is 3.47. The lowest BCUT2D eigenvalue weighted by atomic mass is 9.80. The van der Waals surface area contributed by atoms with E-state index in [1.54, 1.807) is 12.1 Å². The Balaban J connectivity index is 1.83. The topological polar surface area (TPSA) is 58.6 Å². The van der Waals surface area contributed by atoms with Crippen molar-refractivity contribution in [2.24, 2.45) is 0 Å². The summed E-state index contributed by atoms with van der Waals surface area (Å²) in [5.74, 6) is -0.556. The van der Waals surface area contributed by atoms with Gasteiger partial charge in [0.1, 0.15) is 12.4 Å². The van der Waals surface area contributed by atoms with Crippen LogP contribution in [0.25, 0.3) is 10.8 Å². The molecule has 5 rings (SSSR count). The number of aromatic hydroxyl groups is 1. The van der Waals surface area contributed by atoms with E-state index < -0.39 is 0 Å². The molecular formula is C21H14BrNO3. The third-order valence-electron chi connectivity index (χ3n) is 5.03. The molecule has 0 amide bonds. The number of esters is 1. The maximum absolute atomic E-state index is 12.4. The predicted octanol–water partition coefficient (Wildman–Crippen LogP) is 4.68. The van der Waals surface area contributed by atoms with Gasteiger partial charge in [0.05, 0.1) is 17.0 Å². The summed E-state index contributed by atoms with van der Waals surface area (Å²) in [5.41, 5.74) is 3.94. The second kappa shape index (κ2) is 5.61. The Bertz CT molecular complexity index is 1120. The van der Waals surface area contributed by atoms with Crippen molar-refractivity contribution in [1.29, 1.82) is 0 Å². The molecule has 4 nitrogen and oxygen atoms in total. The predicted molar refractivity (Wildman–Crippen MR) is 103 cm³/mol. The van der Waals surface area contributed by atoms with Gasteiger partial charge in [-0.1, -0.05) is 52.3 Å². The fraction of sp³-hybridized carbons (Fsp3) is 0.0952. The Labute approximate surface area is 158 Å². The van der Waals surface area contributed by atoms with Crippen molar-refractivity contribution in [2.45, 2.75) is 5.92 Å². The molecule has 1 atom stereocenters. The maximum atomic E-state index is 12.4. The summed E-state index contributed by atoms with van der Waals surface area (Å²) in [5, 5.41) is 16.1. The van der Waals surface area contributed by atoms with Crippen LogP contribution in [0.1, 0.15) is 17.0 Å². The Morgan fingerprint density at radius 3 is 2.81 bits per heavy atom. The fourth-order valence-corrected chi connectivity index (χ4v) is 4.25. The van der Waals surface area contributed by atoms with Gasteiger partial charge in [0.2, 0.25) is 0 Å². The largest absolute Gasteiger partial charge is 0.508 e. The van der Waals surface area contributed by atoms with Gasteiger partial charge < -0.3 is 15.2 Å². The highest BCUT2D eigenvalue weighted by Gasteiger charge is 2.39. The molecule has 0 aromatic heterocycles. The molecule has 2 heterocycles. The number of rotatable bonds is 1. The van der Waals surface area contributed by atoms with E-state index in [-0.39, 0.29) is 24.2 Å². The van der Waals surface area contributed by atoms with Crippen LogP contribution in [0.2, 0.25) is 0 Å². The van der Waals surface area contributed by atoms with Gasteiger partial charge in [0, 0.05) is 21.3 Å². The van der Waals surface area contributed by atoms with Gasteiger partial charge in [-0.05, 0) is 29.1 Å². The smallest absolute Gasteiger partial charge is 0.337 e. The lowest BCUT2D eigenvalue weighted by molar-refractivity contribution is -0.136. The first kappa shape index (κ1) is 15.5. The van der Waals surface area contributed by atoms with Gasteiger partial charge in [-0.3, -0.25) is 0 Å². The van der Waals surface area contributed by atoms with Crippen LogP contribution in [-0.4, -0.2) is 17.7 Å². The minimum atomic E-state index is -0.377. The number of halogens is 1. The Morgan fingerprint density at radius 2 is 1.92 bits per heavy atom. The van der Waals surface area contributed by atoms with E-state index in [0.29, 0.717) is 11.1 Å². The van der Waals surface area contributed by atoms with E-state index in [4.69, 9.17) is 4.74 Å². The van der Waals surface area contributed by atoms with Gasteiger partial charge >= 0.3 is 5.97 Å². The van der Waals surface area contributed by atoms with E-state index in [1.165, 1.54) is 0 Å². The molecule has 0 spiro atoms. The highest BCUT2D eigenvalue weighted by atomic mass is 79.9. The summed E-state index contributed by atoms with van der Waals surface area (Å²) < 4.78 is 6.14. The summed E-state index contributed by atoms with van der Waals surface area (Å²) in [6.07, 6.45) is 0. The molecule has 2 aliphatic heterocycles. The number of phenolic OH excluding ortho intramolecular Hbond substituents is 1. The molecule has 26 heavy (non-hydrogen) atoms. The summed E-state index contributed by atoms with van der Waals surface area (Å²) in [7, 11) is 0. The zero-order valence-corrected chi connectivity index (χ0v) is 15.2. The SMILES string of the molecule is O=C1OCC2=C1C(c1cc(Br)ccc1O)c1ccc3ccccc3c1N2. The molecule has 3 aromatic carbocycles. The Morgan fingerprint density at radius 1 is 1.08 bits per heavy atom. The van der Waals surface area contributed by atoms with E-state index in [0.717, 1.165) is 32.2 Å². The second-order valence-corrected chi connectivity index (χ2v) is 7.40. The lowest BCUT2D eigenvalue weighted by Gasteiger charge is -2.28. The number of benzene rings is 3. The molecule has 0 bridgehead atoms. The molecule has 2 N–H and O–H groups in total. The van der Waals surface area contributed by atoms with Gasteiger partial charge in [-0.2, -0.15) is 0 Å². The van der Waals surface area contributed by atoms with Crippen molar-refractivity contribution in [3.63, 3.8) is 0 Å². The van der Waals surface area contributed by atoms with Crippen LogP contribution in [0.15, 0.2) is 70.3 Å². The average Bonchev–Trinajstić information content (AvgIpc) is 3.03. The monoisotopic (exact) mass is 407 g/mol. The van der Waals surface area contributed by atoms with Crippen molar-refractivity contribution in [3.8, 4) is 5.75 Å². The number of carbonyl (C=O) groups excluding carboxylic acids is 1. The van der Waals surface area contributed by atoms with Crippen LogP contribution >= 0.6 is 15.9 Å². The van der Waals surface area contributed by atoms with Crippen molar-refractivity contribution < 1.29 is 14.6 Å². The number of fused-ring (bicyclic) bond motifs is 3. The summed E-state index contributed by atoms with van der Waals surface area (Å²) in [4.78, 5) is 12.4. The molecule has 0 aliphatic carbocycles. The van der Waals surface area contributed by atoms with Crippen molar-refractivity contribution >= 4 is 38.4 Å². The van der Waals surface area contributed by atoms with Crippen LogP contribution in [0.5, 0.6) is 5.75 Å². The summed E-state index contributed by atoms with van der Waals surface area (Å²) in [6.45, 7) is 0.224. The van der Waals surface area contributed by atoms with Crippen LogP contribution in [0, 0.1) is 0 Å². The normalized spacial score (nSPS) is 18.3. The van der Waals surface area contributed by atoms with E-state index >= 15 is 0 Å². The molecule has 5 heteroatoms. The highest BCUT2D eigenvalue weighted by Crippen LogP contribution is 2.48. The van der Waals surface area contributed by atoms with E-state index in [1.807, 2.05) is 30.3 Å².